The molecule has 0 radical (unpaired) electrons. The van der Waals surface area contributed by atoms with Crippen LogP contribution in [0.5, 0.6) is 0 Å². The van der Waals surface area contributed by atoms with Crippen LogP contribution >= 0.6 is 11.6 Å². The molecule has 0 aliphatic heterocycles. The lowest BCUT2D eigenvalue weighted by Gasteiger charge is -2.23. The lowest BCUT2D eigenvalue weighted by molar-refractivity contribution is 0.216. The fourth-order valence-electron chi connectivity index (χ4n) is 2.38. The molecule has 6 heteroatoms. The highest BCUT2D eigenvalue weighted by atomic mass is 35.5. The van der Waals surface area contributed by atoms with Gasteiger partial charge in [-0.25, -0.2) is 4.39 Å². The van der Waals surface area contributed by atoms with Gasteiger partial charge in [0.15, 0.2) is 0 Å². The minimum Gasteiger partial charge on any atom is -0.338 e. The number of halogens is 2. The molecule has 1 aromatic heterocycles. The Kier molecular flexibility index (Phi) is 4.92. The molecule has 0 spiro atoms. The summed E-state index contributed by atoms with van der Waals surface area (Å²) in [6, 6.07) is 13.9. The van der Waals surface area contributed by atoms with Crippen LogP contribution in [0.25, 0.3) is 11.4 Å². The van der Waals surface area contributed by atoms with Crippen molar-refractivity contribution >= 4 is 11.6 Å². The zero-order valence-corrected chi connectivity index (χ0v) is 14.2. The summed E-state index contributed by atoms with van der Waals surface area (Å²) in [5.41, 5.74) is 1.87. The third-order valence-corrected chi connectivity index (χ3v) is 4.22. The number of hydrogen-bond acceptors (Lipinski definition) is 4. The van der Waals surface area contributed by atoms with E-state index in [1.165, 1.54) is 12.1 Å². The molecule has 1 heterocycles. The summed E-state index contributed by atoms with van der Waals surface area (Å²) < 4.78 is 18.4. The van der Waals surface area contributed by atoms with Crippen molar-refractivity contribution in [1.29, 1.82) is 0 Å². The molecule has 1 atom stereocenters. The van der Waals surface area contributed by atoms with Crippen LogP contribution in [0, 0.1) is 5.82 Å². The Labute approximate surface area is 144 Å². The molecule has 0 saturated carbocycles. The summed E-state index contributed by atoms with van der Waals surface area (Å²) in [7, 11) is 1.96. The summed E-state index contributed by atoms with van der Waals surface area (Å²) in [5.74, 6) is 0.819. The second-order valence-corrected chi connectivity index (χ2v) is 6.10. The number of nitrogens with zero attached hydrogens (tertiary/aromatic N) is 3. The number of benzene rings is 2. The molecule has 124 valence electrons. The highest BCUT2D eigenvalue weighted by Crippen LogP contribution is 2.22. The van der Waals surface area contributed by atoms with Crippen LogP contribution in [0.2, 0.25) is 5.02 Å². The normalized spacial score (nSPS) is 12.5. The average Bonchev–Trinajstić information content (AvgIpc) is 3.04. The van der Waals surface area contributed by atoms with Gasteiger partial charge in [0.1, 0.15) is 5.82 Å². The Bertz CT molecular complexity index is 802. The fraction of sp³-hybridized carbons (Fsp3) is 0.222. The van der Waals surface area contributed by atoms with Crippen LogP contribution < -0.4 is 0 Å². The van der Waals surface area contributed by atoms with Crippen LogP contribution in [0.15, 0.2) is 53.1 Å². The van der Waals surface area contributed by atoms with Crippen molar-refractivity contribution in [3.05, 3.63) is 70.8 Å². The molecule has 4 nitrogen and oxygen atoms in total. The molecule has 3 aromatic rings. The Hall–Kier alpha value is -2.24. The molecule has 0 aliphatic rings. The molecule has 0 bridgehead atoms. The maximum Gasteiger partial charge on any atom is 0.241 e. The predicted octanol–water partition coefficient (Wildman–Crippen LogP) is 4.72. The van der Waals surface area contributed by atoms with Crippen molar-refractivity contribution < 1.29 is 8.91 Å². The van der Waals surface area contributed by atoms with Crippen molar-refractivity contribution in [3.8, 4) is 11.4 Å². The molecular formula is C18H17ClFN3O. The molecule has 3 rings (SSSR count). The topological polar surface area (TPSA) is 42.2 Å². The van der Waals surface area contributed by atoms with Gasteiger partial charge in [0, 0.05) is 16.6 Å². The quantitative estimate of drug-likeness (QED) is 0.671. The maximum absolute atomic E-state index is 13.0. The second kappa shape index (κ2) is 7.11. The first-order valence-electron chi connectivity index (χ1n) is 7.57. The van der Waals surface area contributed by atoms with E-state index in [-0.39, 0.29) is 11.9 Å². The lowest BCUT2D eigenvalue weighted by Crippen LogP contribution is -2.22. The van der Waals surface area contributed by atoms with E-state index in [0.29, 0.717) is 23.3 Å². The largest absolute Gasteiger partial charge is 0.338 e. The summed E-state index contributed by atoms with van der Waals surface area (Å²) >= 11 is 5.88. The zero-order chi connectivity index (χ0) is 17.1. The van der Waals surface area contributed by atoms with Gasteiger partial charge < -0.3 is 4.52 Å². The van der Waals surface area contributed by atoms with Crippen molar-refractivity contribution in [2.45, 2.75) is 19.5 Å². The van der Waals surface area contributed by atoms with E-state index >= 15 is 0 Å². The van der Waals surface area contributed by atoms with Gasteiger partial charge in [-0.15, -0.1) is 0 Å². The monoisotopic (exact) mass is 345 g/mol. The minimum atomic E-state index is -0.238. The Morgan fingerprint density at radius 2 is 1.79 bits per heavy atom. The van der Waals surface area contributed by atoms with Crippen molar-refractivity contribution in [3.63, 3.8) is 0 Å². The molecule has 24 heavy (non-hydrogen) atoms. The van der Waals surface area contributed by atoms with Gasteiger partial charge in [-0.1, -0.05) is 28.9 Å². The van der Waals surface area contributed by atoms with E-state index in [9.17, 15) is 4.39 Å². The molecular weight excluding hydrogens is 329 g/mol. The van der Waals surface area contributed by atoms with Crippen LogP contribution in [0.3, 0.4) is 0 Å². The van der Waals surface area contributed by atoms with Gasteiger partial charge in [0.25, 0.3) is 0 Å². The molecule has 0 aliphatic carbocycles. The lowest BCUT2D eigenvalue weighted by atomic mass is 10.1. The average molecular weight is 346 g/mol. The summed E-state index contributed by atoms with van der Waals surface area (Å²) in [5, 5.41) is 4.67. The predicted molar refractivity (Wildman–Crippen MR) is 91.0 cm³/mol. The van der Waals surface area contributed by atoms with Crippen molar-refractivity contribution in [1.82, 2.24) is 15.0 Å². The highest BCUT2D eigenvalue weighted by Gasteiger charge is 2.16. The van der Waals surface area contributed by atoms with E-state index in [1.807, 2.05) is 26.1 Å². The van der Waals surface area contributed by atoms with Crippen molar-refractivity contribution in [2.75, 3.05) is 7.05 Å². The van der Waals surface area contributed by atoms with Gasteiger partial charge in [-0.3, -0.25) is 4.90 Å². The summed E-state index contributed by atoms with van der Waals surface area (Å²) in [4.78, 5) is 6.48. The smallest absolute Gasteiger partial charge is 0.241 e. The van der Waals surface area contributed by atoms with Gasteiger partial charge in [0.2, 0.25) is 11.7 Å². The molecule has 0 fully saturated rings. The third-order valence-electron chi connectivity index (χ3n) is 3.97. The number of rotatable bonds is 5. The first-order chi connectivity index (χ1) is 11.5. The molecule has 2 aromatic carbocycles. The second-order valence-electron chi connectivity index (χ2n) is 5.66. The van der Waals surface area contributed by atoms with Crippen LogP contribution in [-0.4, -0.2) is 22.1 Å². The summed E-state index contributed by atoms with van der Waals surface area (Å²) in [6.45, 7) is 2.54. The Balaban J connectivity index is 1.69. The SMILES string of the molecule is CC(c1ccc(F)cc1)N(C)Cc1nc(-c2ccc(Cl)cc2)no1. The molecule has 1 unspecified atom stereocenters. The first-order valence-corrected chi connectivity index (χ1v) is 7.95. The van der Waals surface area contributed by atoms with E-state index in [1.54, 1.807) is 24.3 Å². The number of aromatic nitrogens is 2. The van der Waals surface area contributed by atoms with Gasteiger partial charge in [-0.2, -0.15) is 4.98 Å². The van der Waals surface area contributed by atoms with Gasteiger partial charge in [-0.05, 0) is 55.9 Å². The van der Waals surface area contributed by atoms with Crippen molar-refractivity contribution in [2.24, 2.45) is 0 Å². The number of hydrogen-bond donors (Lipinski definition) is 0. The van der Waals surface area contributed by atoms with E-state index in [4.69, 9.17) is 16.1 Å². The maximum atomic E-state index is 13.0. The van der Waals surface area contributed by atoms with E-state index < -0.39 is 0 Å². The molecule has 0 N–H and O–H groups in total. The Morgan fingerprint density at radius 3 is 2.46 bits per heavy atom. The van der Waals surface area contributed by atoms with Gasteiger partial charge >= 0.3 is 0 Å². The fourth-order valence-corrected chi connectivity index (χ4v) is 2.51. The van der Waals surface area contributed by atoms with Crippen LogP contribution in [0.4, 0.5) is 4.39 Å². The molecule has 0 amide bonds. The highest BCUT2D eigenvalue weighted by molar-refractivity contribution is 6.30. The molecule has 0 saturated heterocycles. The Morgan fingerprint density at radius 1 is 1.12 bits per heavy atom. The van der Waals surface area contributed by atoms with E-state index in [0.717, 1.165) is 11.1 Å². The van der Waals surface area contributed by atoms with Crippen LogP contribution in [0.1, 0.15) is 24.4 Å². The van der Waals surface area contributed by atoms with Gasteiger partial charge in [0.05, 0.1) is 6.54 Å². The van der Waals surface area contributed by atoms with E-state index in [2.05, 4.69) is 15.0 Å². The minimum absolute atomic E-state index is 0.0940. The first kappa shape index (κ1) is 16.6. The standard InChI is InChI=1S/C18H17ClFN3O/c1-12(13-5-9-16(20)10-6-13)23(2)11-17-21-18(22-24-17)14-3-7-15(19)8-4-14/h3-10,12H,11H2,1-2H3. The third kappa shape index (κ3) is 3.80. The van der Waals surface area contributed by atoms with Crippen LogP contribution in [-0.2, 0) is 6.54 Å². The zero-order valence-electron chi connectivity index (χ0n) is 13.4. The summed E-state index contributed by atoms with van der Waals surface area (Å²) in [6.07, 6.45) is 0.